The van der Waals surface area contributed by atoms with Crippen molar-refractivity contribution in [3.63, 3.8) is 0 Å². The Balaban J connectivity index is 1.28. The maximum absolute atomic E-state index is 14.8. The summed E-state index contributed by atoms with van der Waals surface area (Å²) < 4.78 is 50.9. The van der Waals surface area contributed by atoms with Crippen molar-refractivity contribution >= 4 is 34.9 Å². The monoisotopic (exact) mass is 530 g/mol. The summed E-state index contributed by atoms with van der Waals surface area (Å²) in [5, 5.41) is 6.68. The molecule has 7 nitrogen and oxygen atoms in total. The molecule has 0 aliphatic carbocycles. The molecule has 1 atom stereocenters. The topological polar surface area (TPSA) is 84.0 Å². The van der Waals surface area contributed by atoms with Crippen molar-refractivity contribution in [2.24, 2.45) is 0 Å². The molecule has 1 fully saturated rings. The lowest BCUT2D eigenvalue weighted by Crippen LogP contribution is -2.38. The highest BCUT2D eigenvalue weighted by Gasteiger charge is 2.18. The molecule has 5 rings (SSSR count). The van der Waals surface area contributed by atoms with Crippen LogP contribution in [-0.2, 0) is 0 Å². The lowest BCUT2D eigenvalue weighted by atomic mass is 10.1. The van der Waals surface area contributed by atoms with Gasteiger partial charge in [-0.3, -0.25) is 0 Å². The summed E-state index contributed by atoms with van der Waals surface area (Å²) in [4.78, 5) is 13.6. The zero-order valence-corrected chi connectivity index (χ0v) is 20.4. The molecule has 186 valence electrons. The number of hydrogen-bond donors (Lipinski definition) is 3. The second kappa shape index (κ2) is 11.1. The predicted octanol–water partition coefficient (Wildman–Crippen LogP) is 6.09. The molecular weight excluding hydrogens is 509 g/mol. The van der Waals surface area contributed by atoms with Crippen LogP contribution in [0.2, 0.25) is 0 Å². The van der Waals surface area contributed by atoms with Gasteiger partial charge in [-0.15, -0.1) is 11.3 Å². The van der Waals surface area contributed by atoms with Crippen molar-refractivity contribution in [1.29, 1.82) is 0 Å². The van der Waals surface area contributed by atoms with E-state index in [1.807, 2.05) is 0 Å². The Labute approximate surface area is 213 Å². The first-order chi connectivity index (χ1) is 17.6. The second-order valence-corrected chi connectivity index (χ2v) is 9.61. The highest BCUT2D eigenvalue weighted by atomic mass is 32.2. The van der Waals surface area contributed by atoms with Gasteiger partial charge >= 0.3 is 0 Å². The summed E-state index contributed by atoms with van der Waals surface area (Å²) in [6.45, 7) is 1.86. The van der Waals surface area contributed by atoms with Crippen LogP contribution in [0.25, 0.3) is 10.6 Å². The van der Waals surface area contributed by atoms with Gasteiger partial charge < -0.3 is 20.1 Å². The molecule has 0 bridgehead atoms. The number of halogens is 3. The minimum absolute atomic E-state index is 0.0459. The van der Waals surface area contributed by atoms with Crippen LogP contribution in [0.4, 0.5) is 24.8 Å². The van der Waals surface area contributed by atoms with Gasteiger partial charge in [-0.1, -0.05) is 6.07 Å². The molecule has 12 heteroatoms. The van der Waals surface area contributed by atoms with Crippen molar-refractivity contribution in [3.8, 4) is 22.2 Å². The van der Waals surface area contributed by atoms with Gasteiger partial charge in [-0.25, -0.2) is 28.1 Å². The van der Waals surface area contributed by atoms with E-state index in [0.717, 1.165) is 50.0 Å². The highest BCUT2D eigenvalue weighted by Crippen LogP contribution is 2.37. The lowest BCUT2D eigenvalue weighted by Gasteiger charge is -2.23. The first kappa shape index (κ1) is 24.3. The SMILES string of the molecule is Fc1cc(NSc2c(F)cccc2F)ccc1Oc1ncsc1-c1ccnc(NC2CCCNC2)n1. The Kier molecular flexibility index (Phi) is 7.54. The Hall–Kier alpha value is -3.35. The van der Waals surface area contributed by atoms with E-state index < -0.39 is 17.5 Å². The van der Waals surface area contributed by atoms with Crippen LogP contribution in [-0.4, -0.2) is 34.1 Å². The van der Waals surface area contributed by atoms with Gasteiger partial charge in [0.15, 0.2) is 11.6 Å². The summed E-state index contributed by atoms with van der Waals surface area (Å²) in [7, 11) is 0. The van der Waals surface area contributed by atoms with Gasteiger partial charge in [0.05, 0.1) is 16.1 Å². The minimum Gasteiger partial charge on any atom is -0.434 e. The fourth-order valence-electron chi connectivity index (χ4n) is 3.63. The maximum atomic E-state index is 14.8. The van der Waals surface area contributed by atoms with E-state index in [9.17, 15) is 13.2 Å². The van der Waals surface area contributed by atoms with E-state index in [-0.39, 0.29) is 22.6 Å². The first-order valence-corrected chi connectivity index (χ1v) is 12.8. The van der Waals surface area contributed by atoms with E-state index >= 15 is 0 Å². The molecule has 2 aromatic carbocycles. The smallest absolute Gasteiger partial charge is 0.239 e. The molecule has 0 amide bonds. The van der Waals surface area contributed by atoms with Crippen LogP contribution in [0.15, 0.2) is 59.1 Å². The van der Waals surface area contributed by atoms with Crippen molar-refractivity contribution in [2.75, 3.05) is 23.1 Å². The normalized spacial score (nSPS) is 15.5. The van der Waals surface area contributed by atoms with E-state index in [2.05, 4.69) is 30.3 Å². The zero-order chi connectivity index (χ0) is 24.9. The van der Waals surface area contributed by atoms with E-state index in [0.29, 0.717) is 22.2 Å². The summed E-state index contributed by atoms with van der Waals surface area (Å²) in [5.41, 5.74) is 2.52. The number of hydrogen-bond acceptors (Lipinski definition) is 9. The van der Waals surface area contributed by atoms with Crippen molar-refractivity contribution in [3.05, 3.63) is 71.6 Å². The fraction of sp³-hybridized carbons (Fsp3) is 0.208. The molecule has 3 N–H and O–H groups in total. The van der Waals surface area contributed by atoms with Crippen LogP contribution < -0.4 is 20.1 Å². The molecule has 1 aliphatic heterocycles. The number of aromatic nitrogens is 3. The standard InChI is InChI=1S/C24H21F3N6OS2/c25-16-4-1-5-17(26)21(16)36-33-14-6-7-20(18(27)11-14)34-23-22(35-13-30-23)19-8-10-29-24(32-19)31-15-3-2-9-28-12-15/h1,4-8,10-11,13,15,28,33H,2-3,9,12H2,(H,29,31,32). The second-order valence-electron chi connectivity index (χ2n) is 7.94. The molecule has 2 aromatic heterocycles. The lowest BCUT2D eigenvalue weighted by molar-refractivity contribution is 0.431. The molecule has 36 heavy (non-hydrogen) atoms. The molecule has 1 unspecified atom stereocenters. The number of piperidine rings is 1. The molecule has 1 aliphatic rings. The predicted molar refractivity (Wildman–Crippen MR) is 135 cm³/mol. The Morgan fingerprint density at radius 2 is 1.92 bits per heavy atom. The summed E-state index contributed by atoms with van der Waals surface area (Å²) >= 11 is 2.04. The average molecular weight is 531 g/mol. The van der Waals surface area contributed by atoms with Crippen LogP contribution >= 0.6 is 23.3 Å². The van der Waals surface area contributed by atoms with Crippen LogP contribution in [0.3, 0.4) is 0 Å². The molecular formula is C24H21F3N6OS2. The number of nitrogens with zero attached hydrogens (tertiary/aromatic N) is 3. The Morgan fingerprint density at radius 1 is 1.06 bits per heavy atom. The van der Waals surface area contributed by atoms with Crippen molar-refractivity contribution in [2.45, 2.75) is 23.8 Å². The number of thiazole rings is 1. The summed E-state index contributed by atoms with van der Waals surface area (Å²) in [6, 6.07) is 9.72. The van der Waals surface area contributed by atoms with E-state index in [1.54, 1.807) is 23.8 Å². The quantitative estimate of drug-likeness (QED) is 0.236. The maximum Gasteiger partial charge on any atom is 0.239 e. The Bertz CT molecular complexity index is 1330. The van der Waals surface area contributed by atoms with Gasteiger partial charge in [0, 0.05) is 30.5 Å². The van der Waals surface area contributed by atoms with E-state index in [1.165, 1.54) is 29.5 Å². The Morgan fingerprint density at radius 3 is 2.69 bits per heavy atom. The van der Waals surface area contributed by atoms with Crippen LogP contribution in [0.1, 0.15) is 12.8 Å². The number of anilines is 2. The third-order valence-corrected chi connectivity index (χ3v) is 7.14. The third-order valence-electron chi connectivity index (χ3n) is 5.38. The summed E-state index contributed by atoms with van der Waals surface area (Å²) in [6.07, 6.45) is 3.78. The molecule has 1 saturated heterocycles. The molecule has 3 heterocycles. The van der Waals surface area contributed by atoms with Crippen molar-refractivity contribution in [1.82, 2.24) is 20.3 Å². The van der Waals surface area contributed by atoms with E-state index in [4.69, 9.17) is 4.74 Å². The van der Waals surface area contributed by atoms with Gasteiger partial charge in [0.2, 0.25) is 11.8 Å². The van der Waals surface area contributed by atoms with Crippen LogP contribution in [0.5, 0.6) is 11.6 Å². The molecule has 0 radical (unpaired) electrons. The van der Waals surface area contributed by atoms with Gasteiger partial charge in [-0.2, -0.15) is 0 Å². The zero-order valence-electron chi connectivity index (χ0n) is 18.8. The highest BCUT2D eigenvalue weighted by molar-refractivity contribution is 8.00. The first-order valence-electron chi connectivity index (χ1n) is 11.2. The van der Waals surface area contributed by atoms with Crippen molar-refractivity contribution < 1.29 is 17.9 Å². The van der Waals surface area contributed by atoms with Gasteiger partial charge in [-0.05, 0) is 61.7 Å². The van der Waals surface area contributed by atoms with Gasteiger partial charge in [0.1, 0.15) is 16.5 Å². The van der Waals surface area contributed by atoms with Crippen LogP contribution in [0, 0.1) is 17.5 Å². The number of benzene rings is 2. The molecule has 0 spiro atoms. The number of rotatable bonds is 8. The number of ether oxygens (including phenoxy) is 1. The summed E-state index contributed by atoms with van der Waals surface area (Å²) in [5.74, 6) is -1.40. The number of nitrogens with one attached hydrogen (secondary N) is 3. The minimum atomic E-state index is -0.706. The fourth-order valence-corrected chi connectivity index (χ4v) is 4.99. The third kappa shape index (κ3) is 5.72. The largest absolute Gasteiger partial charge is 0.434 e. The van der Waals surface area contributed by atoms with Gasteiger partial charge in [0.25, 0.3) is 0 Å². The molecule has 0 saturated carbocycles. The average Bonchev–Trinajstić information content (AvgIpc) is 3.34. The molecule has 4 aromatic rings.